The van der Waals surface area contributed by atoms with Crippen molar-refractivity contribution in [2.75, 3.05) is 27.4 Å². The van der Waals surface area contributed by atoms with Crippen LogP contribution in [0.5, 0.6) is 5.75 Å². The lowest BCUT2D eigenvalue weighted by atomic mass is 10.1. The van der Waals surface area contributed by atoms with Crippen molar-refractivity contribution in [3.63, 3.8) is 0 Å². The van der Waals surface area contributed by atoms with Gasteiger partial charge in [-0.2, -0.15) is 0 Å². The Morgan fingerprint density at radius 2 is 2.06 bits per heavy atom. The van der Waals surface area contributed by atoms with Gasteiger partial charge in [-0.3, -0.25) is 4.79 Å². The second-order valence-corrected chi connectivity index (χ2v) is 4.60. The van der Waals surface area contributed by atoms with Gasteiger partial charge in [-0.05, 0) is 34.5 Å². The fourth-order valence-electron chi connectivity index (χ4n) is 1.45. The van der Waals surface area contributed by atoms with Crippen LogP contribution in [0, 0.1) is 5.92 Å². The molecule has 1 aromatic rings. The molecule has 0 aliphatic carbocycles. The summed E-state index contributed by atoms with van der Waals surface area (Å²) < 4.78 is 16.2. The number of esters is 1. The zero-order valence-corrected chi connectivity index (χ0v) is 12.1. The first-order valence-corrected chi connectivity index (χ1v) is 6.42. The van der Waals surface area contributed by atoms with Crippen molar-refractivity contribution < 1.29 is 19.0 Å². The molecule has 0 spiro atoms. The van der Waals surface area contributed by atoms with E-state index in [0.717, 1.165) is 4.47 Å². The Balaban J connectivity index is 2.56. The third kappa shape index (κ3) is 4.66. The molecule has 1 rings (SSSR count). The van der Waals surface area contributed by atoms with Gasteiger partial charge in [0.1, 0.15) is 12.4 Å². The summed E-state index contributed by atoms with van der Waals surface area (Å²) >= 11 is 3.39. The van der Waals surface area contributed by atoms with Crippen LogP contribution in [-0.4, -0.2) is 33.4 Å². The molecule has 0 aromatic heterocycles. The average molecular weight is 317 g/mol. The van der Waals surface area contributed by atoms with Gasteiger partial charge in [-0.1, -0.05) is 12.1 Å². The van der Waals surface area contributed by atoms with E-state index in [4.69, 9.17) is 14.2 Å². The summed E-state index contributed by atoms with van der Waals surface area (Å²) in [6.45, 7) is 0.776. The van der Waals surface area contributed by atoms with Crippen molar-refractivity contribution in [1.82, 2.24) is 0 Å². The first-order valence-electron chi connectivity index (χ1n) is 5.63. The van der Waals surface area contributed by atoms with Gasteiger partial charge in [0, 0.05) is 13.7 Å². The Labute approximate surface area is 115 Å². The summed E-state index contributed by atoms with van der Waals surface area (Å²) in [5.41, 5.74) is 0. The van der Waals surface area contributed by atoms with Gasteiger partial charge >= 0.3 is 5.97 Å². The first kappa shape index (κ1) is 15.0. The van der Waals surface area contributed by atoms with Crippen LogP contribution in [0.2, 0.25) is 0 Å². The lowest BCUT2D eigenvalue weighted by Crippen LogP contribution is -2.24. The predicted molar refractivity (Wildman–Crippen MR) is 71.6 cm³/mol. The van der Waals surface area contributed by atoms with E-state index >= 15 is 0 Å². The lowest BCUT2D eigenvalue weighted by Gasteiger charge is -2.15. The van der Waals surface area contributed by atoms with Crippen LogP contribution < -0.4 is 4.74 Å². The van der Waals surface area contributed by atoms with E-state index in [2.05, 4.69) is 15.9 Å². The standard InChI is InChI=1S/C13H17BrO4/c1-16-8-7-10(13(15)17-2)9-18-12-6-4-3-5-11(12)14/h3-6,10H,7-9H2,1-2H3. The highest BCUT2D eigenvalue weighted by atomic mass is 79.9. The van der Waals surface area contributed by atoms with E-state index in [1.165, 1.54) is 7.11 Å². The van der Waals surface area contributed by atoms with Crippen molar-refractivity contribution in [3.05, 3.63) is 28.7 Å². The molecule has 1 atom stereocenters. The van der Waals surface area contributed by atoms with Crippen molar-refractivity contribution in [1.29, 1.82) is 0 Å². The normalized spacial score (nSPS) is 11.9. The van der Waals surface area contributed by atoms with Crippen LogP contribution in [0.3, 0.4) is 0 Å². The SMILES string of the molecule is COCCC(COc1ccccc1Br)C(=O)OC. The number of ether oxygens (including phenoxy) is 3. The van der Waals surface area contributed by atoms with E-state index in [1.807, 2.05) is 24.3 Å². The number of carbonyl (C=O) groups is 1. The van der Waals surface area contributed by atoms with E-state index in [1.54, 1.807) is 7.11 Å². The van der Waals surface area contributed by atoms with Crippen LogP contribution in [-0.2, 0) is 14.3 Å². The van der Waals surface area contributed by atoms with Gasteiger partial charge in [0.05, 0.1) is 17.5 Å². The predicted octanol–water partition coefficient (Wildman–Crippen LogP) is 2.65. The summed E-state index contributed by atoms with van der Waals surface area (Å²) in [5, 5.41) is 0. The molecule has 0 N–H and O–H groups in total. The van der Waals surface area contributed by atoms with Crippen molar-refractivity contribution >= 4 is 21.9 Å². The van der Waals surface area contributed by atoms with Crippen molar-refractivity contribution in [2.45, 2.75) is 6.42 Å². The molecule has 4 nitrogen and oxygen atoms in total. The summed E-state index contributed by atoms with van der Waals surface area (Å²) in [6, 6.07) is 7.51. The van der Waals surface area contributed by atoms with E-state index in [0.29, 0.717) is 18.8 Å². The zero-order chi connectivity index (χ0) is 13.4. The quantitative estimate of drug-likeness (QED) is 0.725. The Bertz CT molecular complexity index is 381. The van der Waals surface area contributed by atoms with Gasteiger partial charge in [-0.15, -0.1) is 0 Å². The lowest BCUT2D eigenvalue weighted by molar-refractivity contribution is -0.147. The number of hydrogen-bond acceptors (Lipinski definition) is 4. The molecule has 0 heterocycles. The molecule has 0 saturated carbocycles. The molecule has 5 heteroatoms. The second kappa shape index (κ2) is 8.11. The van der Waals surface area contributed by atoms with Crippen molar-refractivity contribution in [3.8, 4) is 5.75 Å². The molecular formula is C13H17BrO4. The number of benzene rings is 1. The maximum Gasteiger partial charge on any atom is 0.312 e. The van der Waals surface area contributed by atoms with Crippen molar-refractivity contribution in [2.24, 2.45) is 5.92 Å². The smallest absolute Gasteiger partial charge is 0.312 e. The molecule has 0 amide bonds. The molecule has 0 aliphatic rings. The molecule has 18 heavy (non-hydrogen) atoms. The minimum atomic E-state index is -0.318. The second-order valence-electron chi connectivity index (χ2n) is 3.74. The summed E-state index contributed by atoms with van der Waals surface area (Å²) in [7, 11) is 2.98. The van der Waals surface area contributed by atoms with Gasteiger partial charge < -0.3 is 14.2 Å². The number of hydrogen-bond donors (Lipinski definition) is 0. The fourth-order valence-corrected chi connectivity index (χ4v) is 1.85. The van der Waals surface area contributed by atoms with Gasteiger partial charge in [-0.25, -0.2) is 0 Å². The number of rotatable bonds is 7. The molecule has 100 valence electrons. The molecule has 0 fully saturated rings. The highest BCUT2D eigenvalue weighted by molar-refractivity contribution is 9.10. The fraction of sp³-hybridized carbons (Fsp3) is 0.462. The van der Waals surface area contributed by atoms with E-state index in [-0.39, 0.29) is 18.5 Å². The topological polar surface area (TPSA) is 44.8 Å². The van der Waals surface area contributed by atoms with E-state index < -0.39 is 0 Å². The van der Waals surface area contributed by atoms with Crippen LogP contribution in [0.1, 0.15) is 6.42 Å². The summed E-state index contributed by atoms with van der Waals surface area (Å²) in [4.78, 5) is 11.6. The third-order valence-electron chi connectivity index (χ3n) is 2.48. The third-order valence-corrected chi connectivity index (χ3v) is 3.14. The highest BCUT2D eigenvalue weighted by Gasteiger charge is 2.20. The zero-order valence-electron chi connectivity index (χ0n) is 10.5. The first-order chi connectivity index (χ1) is 8.69. The summed E-state index contributed by atoms with van der Waals surface area (Å²) in [6.07, 6.45) is 0.577. The van der Waals surface area contributed by atoms with Crippen LogP contribution in [0.15, 0.2) is 28.7 Å². The minimum Gasteiger partial charge on any atom is -0.492 e. The van der Waals surface area contributed by atoms with Gasteiger partial charge in [0.15, 0.2) is 0 Å². The van der Waals surface area contributed by atoms with Gasteiger partial charge in [0.25, 0.3) is 0 Å². The maximum absolute atomic E-state index is 11.6. The molecule has 0 saturated heterocycles. The Hall–Kier alpha value is -1.07. The molecule has 0 bridgehead atoms. The molecule has 1 aromatic carbocycles. The number of carbonyl (C=O) groups excluding carboxylic acids is 1. The Kier molecular flexibility index (Phi) is 6.75. The largest absolute Gasteiger partial charge is 0.492 e. The Morgan fingerprint density at radius 3 is 2.67 bits per heavy atom. The maximum atomic E-state index is 11.6. The number of para-hydroxylation sites is 1. The number of halogens is 1. The monoisotopic (exact) mass is 316 g/mol. The van der Waals surface area contributed by atoms with E-state index in [9.17, 15) is 4.79 Å². The minimum absolute atomic E-state index is 0.276. The van der Waals surface area contributed by atoms with Crippen LogP contribution >= 0.6 is 15.9 Å². The molecular weight excluding hydrogens is 300 g/mol. The van der Waals surface area contributed by atoms with Crippen LogP contribution in [0.25, 0.3) is 0 Å². The van der Waals surface area contributed by atoms with Crippen LogP contribution in [0.4, 0.5) is 0 Å². The summed E-state index contributed by atoms with van der Waals surface area (Å²) in [5.74, 6) is 0.116. The molecule has 0 aliphatic heterocycles. The average Bonchev–Trinajstić information content (AvgIpc) is 2.40. The molecule has 1 unspecified atom stereocenters. The van der Waals surface area contributed by atoms with Gasteiger partial charge in [0.2, 0.25) is 0 Å². The molecule has 0 radical (unpaired) electrons. The number of methoxy groups -OCH3 is 2. The highest BCUT2D eigenvalue weighted by Crippen LogP contribution is 2.24. The Morgan fingerprint density at radius 1 is 1.33 bits per heavy atom.